The Morgan fingerprint density at radius 3 is 2.95 bits per heavy atom. The van der Waals surface area contributed by atoms with Crippen molar-refractivity contribution in [1.29, 1.82) is 0 Å². The number of methoxy groups -OCH3 is 1. The van der Waals surface area contributed by atoms with E-state index in [0.29, 0.717) is 31.0 Å². The average molecular weight is 293 g/mol. The summed E-state index contributed by atoms with van der Waals surface area (Å²) in [6, 6.07) is 5.75. The van der Waals surface area contributed by atoms with E-state index in [-0.39, 0.29) is 24.5 Å². The molecule has 1 fully saturated rings. The van der Waals surface area contributed by atoms with E-state index in [2.05, 4.69) is 0 Å². The summed E-state index contributed by atoms with van der Waals surface area (Å²) in [6.45, 7) is 5.37. The molecule has 0 spiro atoms. The number of morpholine rings is 1. The summed E-state index contributed by atoms with van der Waals surface area (Å²) in [7, 11) is 1.57. The number of carbonyl (C=O) groups excluding carboxylic acids is 1. The zero-order valence-corrected chi connectivity index (χ0v) is 12.8. The van der Waals surface area contributed by atoms with Gasteiger partial charge in [0.15, 0.2) is 5.78 Å². The van der Waals surface area contributed by atoms with Crippen molar-refractivity contribution >= 4 is 5.78 Å². The highest BCUT2D eigenvalue weighted by molar-refractivity contribution is 6.00. The molecule has 0 amide bonds. The van der Waals surface area contributed by atoms with Gasteiger partial charge in [0, 0.05) is 12.6 Å². The van der Waals surface area contributed by atoms with Gasteiger partial charge in [-0.1, -0.05) is 6.07 Å². The lowest BCUT2D eigenvalue weighted by atomic mass is 10.1. The molecule has 2 rings (SSSR count). The minimum atomic E-state index is -0.214. The van der Waals surface area contributed by atoms with Crippen LogP contribution in [0.3, 0.4) is 0 Å². The topological polar surface area (TPSA) is 59.0 Å². The van der Waals surface area contributed by atoms with Gasteiger partial charge < -0.3 is 14.6 Å². The molecule has 2 unspecified atom stereocenters. The number of Topliss-reactive ketones (excluding diaryl/α,β-unsaturated/α-hetero) is 1. The lowest BCUT2D eigenvalue weighted by molar-refractivity contribution is -0.0747. The monoisotopic (exact) mass is 293 g/mol. The van der Waals surface area contributed by atoms with Crippen LogP contribution >= 0.6 is 0 Å². The van der Waals surface area contributed by atoms with Crippen LogP contribution in [0.25, 0.3) is 0 Å². The standard InChI is InChI=1S/C16H23NO4/c1-11-4-5-14(16(6-11)20-3)15(19)8-17-7-13(9-18)21-10-12(17)2/h4-6,12-13,18H,7-10H2,1-3H3. The summed E-state index contributed by atoms with van der Waals surface area (Å²) in [4.78, 5) is 14.6. The highest BCUT2D eigenvalue weighted by Crippen LogP contribution is 2.21. The van der Waals surface area contributed by atoms with E-state index in [1.807, 2.05) is 36.9 Å². The molecule has 0 saturated carbocycles. The van der Waals surface area contributed by atoms with E-state index in [4.69, 9.17) is 9.47 Å². The number of nitrogens with zero attached hydrogens (tertiary/aromatic N) is 1. The Kier molecular flexibility index (Phi) is 5.33. The lowest BCUT2D eigenvalue weighted by Crippen LogP contribution is -2.51. The number of hydrogen-bond donors (Lipinski definition) is 1. The van der Waals surface area contributed by atoms with E-state index in [9.17, 15) is 9.90 Å². The molecule has 5 nitrogen and oxygen atoms in total. The van der Waals surface area contributed by atoms with Gasteiger partial charge in [0.25, 0.3) is 0 Å². The zero-order chi connectivity index (χ0) is 15.4. The number of aliphatic hydroxyl groups is 1. The minimum Gasteiger partial charge on any atom is -0.496 e. The number of aliphatic hydroxyl groups excluding tert-OH is 1. The molecule has 0 aliphatic carbocycles. The highest BCUT2D eigenvalue weighted by Gasteiger charge is 2.28. The van der Waals surface area contributed by atoms with Crippen LogP contribution in [-0.2, 0) is 4.74 Å². The van der Waals surface area contributed by atoms with E-state index >= 15 is 0 Å². The molecule has 1 heterocycles. The number of hydrogen-bond acceptors (Lipinski definition) is 5. The Balaban J connectivity index is 2.10. The van der Waals surface area contributed by atoms with Crippen LogP contribution in [-0.4, -0.2) is 61.3 Å². The van der Waals surface area contributed by atoms with Crippen LogP contribution in [0.2, 0.25) is 0 Å². The quantitative estimate of drug-likeness (QED) is 0.829. The molecule has 2 atom stereocenters. The predicted octanol–water partition coefficient (Wildman–Crippen LogP) is 1.27. The minimum absolute atomic E-state index is 0.0226. The summed E-state index contributed by atoms with van der Waals surface area (Å²) < 4.78 is 10.8. The number of rotatable bonds is 5. The third-order valence-electron chi connectivity index (χ3n) is 3.84. The van der Waals surface area contributed by atoms with E-state index in [1.54, 1.807) is 7.11 Å². The number of benzene rings is 1. The second kappa shape index (κ2) is 7.02. The summed E-state index contributed by atoms with van der Waals surface area (Å²) in [5, 5.41) is 9.20. The fourth-order valence-electron chi connectivity index (χ4n) is 2.50. The van der Waals surface area contributed by atoms with Crippen molar-refractivity contribution in [3.05, 3.63) is 29.3 Å². The Morgan fingerprint density at radius 2 is 2.29 bits per heavy atom. The second-order valence-electron chi connectivity index (χ2n) is 5.54. The van der Waals surface area contributed by atoms with Gasteiger partial charge in [-0.05, 0) is 31.5 Å². The van der Waals surface area contributed by atoms with Crippen LogP contribution in [0, 0.1) is 6.92 Å². The third-order valence-corrected chi connectivity index (χ3v) is 3.84. The molecule has 0 bridgehead atoms. The number of carbonyl (C=O) groups is 1. The Bertz CT molecular complexity index is 503. The van der Waals surface area contributed by atoms with Crippen LogP contribution in [0.15, 0.2) is 18.2 Å². The maximum atomic E-state index is 12.5. The van der Waals surface area contributed by atoms with Crippen molar-refractivity contribution in [2.24, 2.45) is 0 Å². The molecule has 1 aliphatic rings. The van der Waals surface area contributed by atoms with Gasteiger partial charge in [-0.25, -0.2) is 0 Å². The number of aryl methyl sites for hydroxylation is 1. The third kappa shape index (κ3) is 3.81. The first-order valence-electron chi connectivity index (χ1n) is 7.19. The summed E-state index contributed by atoms with van der Waals surface area (Å²) in [5.74, 6) is 0.636. The van der Waals surface area contributed by atoms with Crippen molar-refractivity contribution in [1.82, 2.24) is 4.90 Å². The van der Waals surface area contributed by atoms with E-state index < -0.39 is 0 Å². The largest absolute Gasteiger partial charge is 0.496 e. The molecule has 1 N–H and O–H groups in total. The first-order valence-corrected chi connectivity index (χ1v) is 7.19. The first kappa shape index (κ1) is 15.9. The molecule has 1 aromatic carbocycles. The van der Waals surface area contributed by atoms with Crippen molar-refractivity contribution < 1.29 is 19.4 Å². The van der Waals surface area contributed by atoms with Crippen LogP contribution in [0.4, 0.5) is 0 Å². The lowest BCUT2D eigenvalue weighted by Gasteiger charge is -2.36. The normalized spacial score (nSPS) is 23.0. The van der Waals surface area contributed by atoms with Crippen LogP contribution in [0.5, 0.6) is 5.75 Å². The molecular formula is C16H23NO4. The first-order chi connectivity index (χ1) is 10.0. The van der Waals surface area contributed by atoms with E-state index in [1.165, 1.54) is 0 Å². The molecule has 1 aliphatic heterocycles. The highest BCUT2D eigenvalue weighted by atomic mass is 16.5. The van der Waals surface area contributed by atoms with Crippen molar-refractivity contribution in [3.63, 3.8) is 0 Å². The summed E-state index contributed by atoms with van der Waals surface area (Å²) in [6.07, 6.45) is -0.214. The van der Waals surface area contributed by atoms with Gasteiger partial charge in [0.05, 0.1) is 38.5 Å². The fraction of sp³-hybridized carbons (Fsp3) is 0.562. The summed E-state index contributed by atoms with van der Waals surface area (Å²) >= 11 is 0. The Morgan fingerprint density at radius 1 is 1.52 bits per heavy atom. The molecule has 1 saturated heterocycles. The Hall–Kier alpha value is -1.43. The van der Waals surface area contributed by atoms with Gasteiger partial charge in [-0.15, -0.1) is 0 Å². The second-order valence-corrected chi connectivity index (χ2v) is 5.54. The summed E-state index contributed by atoms with van der Waals surface area (Å²) in [5.41, 5.74) is 1.66. The maximum Gasteiger partial charge on any atom is 0.180 e. The van der Waals surface area contributed by atoms with Crippen molar-refractivity contribution in [2.45, 2.75) is 26.0 Å². The number of ether oxygens (including phenoxy) is 2. The molecule has 0 radical (unpaired) electrons. The molecule has 116 valence electrons. The van der Waals surface area contributed by atoms with Crippen LogP contribution in [0.1, 0.15) is 22.8 Å². The van der Waals surface area contributed by atoms with Gasteiger partial charge in [0.1, 0.15) is 5.75 Å². The predicted molar refractivity (Wildman–Crippen MR) is 79.9 cm³/mol. The van der Waals surface area contributed by atoms with Crippen molar-refractivity contribution in [2.75, 3.05) is 33.4 Å². The van der Waals surface area contributed by atoms with Gasteiger partial charge >= 0.3 is 0 Å². The maximum absolute atomic E-state index is 12.5. The van der Waals surface area contributed by atoms with Crippen molar-refractivity contribution in [3.8, 4) is 5.75 Å². The zero-order valence-electron chi connectivity index (χ0n) is 12.8. The fourth-order valence-corrected chi connectivity index (χ4v) is 2.50. The van der Waals surface area contributed by atoms with Gasteiger partial charge in [0.2, 0.25) is 0 Å². The average Bonchev–Trinajstić information content (AvgIpc) is 2.49. The molecule has 1 aromatic rings. The van der Waals surface area contributed by atoms with Crippen LogP contribution < -0.4 is 4.74 Å². The Labute approximate surface area is 125 Å². The van der Waals surface area contributed by atoms with E-state index in [0.717, 1.165) is 5.56 Å². The SMILES string of the molecule is COc1cc(C)ccc1C(=O)CN1CC(CO)OCC1C. The smallest absolute Gasteiger partial charge is 0.180 e. The molecule has 21 heavy (non-hydrogen) atoms. The van der Waals surface area contributed by atoms with Gasteiger partial charge in [-0.3, -0.25) is 9.69 Å². The molecular weight excluding hydrogens is 270 g/mol. The number of ketones is 1. The van der Waals surface area contributed by atoms with Gasteiger partial charge in [-0.2, -0.15) is 0 Å². The molecule has 0 aromatic heterocycles. The molecule has 5 heteroatoms.